The van der Waals surface area contributed by atoms with Crippen molar-refractivity contribution >= 4 is 31.6 Å². The molecule has 5 nitrogen and oxygen atoms in total. The Morgan fingerprint density at radius 2 is 0.962 bits per heavy atom. The molecule has 1 aliphatic carbocycles. The second-order valence-electron chi connectivity index (χ2n) is 13.7. The summed E-state index contributed by atoms with van der Waals surface area (Å²) in [7, 11) is -3.91. The first-order valence-corrected chi connectivity index (χ1v) is 19.2. The quantitative estimate of drug-likeness (QED) is 0.184. The van der Waals surface area contributed by atoms with E-state index in [1.807, 2.05) is 78.9 Å². The Kier molecular flexibility index (Phi) is 6.20. The van der Waals surface area contributed by atoms with E-state index in [2.05, 4.69) is 95.6 Å². The number of nitrogens with zero attached hydrogens (tertiary/aromatic N) is 3. The molecule has 7 aromatic carbocycles. The predicted molar refractivity (Wildman–Crippen MR) is 210 cm³/mol. The average Bonchev–Trinajstić information content (AvgIpc) is 3.71. The smallest absolute Gasteiger partial charge is 0.235 e. The maximum Gasteiger partial charge on any atom is 0.235 e. The zero-order chi connectivity index (χ0) is 35.3. The molecule has 2 aliphatic rings. The van der Waals surface area contributed by atoms with Crippen LogP contribution in [0, 0.1) is 0 Å². The summed E-state index contributed by atoms with van der Waals surface area (Å²) in [5, 5.41) is 1.75. The predicted octanol–water partition coefficient (Wildman–Crippen LogP) is 10.4. The van der Waals surface area contributed by atoms with Gasteiger partial charge in [-0.05, 0) is 63.7 Å². The van der Waals surface area contributed by atoms with Gasteiger partial charge in [0.2, 0.25) is 15.8 Å². The highest BCUT2D eigenvalue weighted by Crippen LogP contribution is 2.61. The molecule has 3 heterocycles. The van der Waals surface area contributed by atoms with Gasteiger partial charge in [0.05, 0.1) is 37.6 Å². The number of para-hydroxylation sites is 1. The standard InChI is InChI=1S/C47H29N3O2S/c51-53(52)44-26-14-12-24-38(44)47(36-22-10-7-19-32(36)33-20-8-11-23-37(33)47)39-28-43-35(27-45(39)53)34-21-9-13-25-42(34)50(43)46-48-40(30-15-3-1-4-16-30)29-41(49-46)31-17-5-2-6-18-31/h1-29H. The van der Waals surface area contributed by atoms with Gasteiger partial charge in [-0.25, -0.2) is 18.4 Å². The van der Waals surface area contributed by atoms with Crippen LogP contribution in [0.1, 0.15) is 22.3 Å². The third kappa shape index (κ3) is 4.04. The van der Waals surface area contributed by atoms with E-state index in [1.54, 1.807) is 6.07 Å². The van der Waals surface area contributed by atoms with E-state index in [-0.39, 0.29) is 0 Å². The number of hydrogen-bond acceptors (Lipinski definition) is 4. The van der Waals surface area contributed by atoms with Gasteiger partial charge in [-0.1, -0.05) is 146 Å². The molecule has 0 unspecified atom stereocenters. The van der Waals surface area contributed by atoms with Gasteiger partial charge in [0.1, 0.15) is 0 Å². The van der Waals surface area contributed by atoms with Crippen LogP contribution in [0.3, 0.4) is 0 Å². The Bertz CT molecular complexity index is 2980. The minimum Gasteiger partial charge on any atom is -0.278 e. The SMILES string of the molecule is O=S1(=O)c2ccccc2C2(c3ccccc3-c3ccccc32)c2cc3c(cc21)c1ccccc1n3-c1nc(-c2ccccc2)cc(-c2ccccc2)n1. The molecule has 0 saturated carbocycles. The van der Waals surface area contributed by atoms with Crippen molar-refractivity contribution in [3.8, 4) is 39.6 Å². The molecule has 0 bridgehead atoms. The maximum absolute atomic E-state index is 14.9. The summed E-state index contributed by atoms with van der Waals surface area (Å²) in [6.07, 6.45) is 0. The Morgan fingerprint density at radius 1 is 0.434 bits per heavy atom. The van der Waals surface area contributed by atoms with Crippen LogP contribution in [0.2, 0.25) is 0 Å². The van der Waals surface area contributed by atoms with Crippen molar-refractivity contribution in [3.05, 3.63) is 198 Å². The molecule has 6 heteroatoms. The molecule has 0 fully saturated rings. The third-order valence-corrected chi connectivity index (χ3v) is 12.9. The van der Waals surface area contributed by atoms with E-state index in [1.165, 1.54) is 0 Å². The van der Waals surface area contributed by atoms with Crippen LogP contribution < -0.4 is 0 Å². The van der Waals surface area contributed by atoms with E-state index in [4.69, 9.17) is 9.97 Å². The molecular weight excluding hydrogens is 671 g/mol. The van der Waals surface area contributed by atoms with Crippen LogP contribution in [-0.2, 0) is 15.3 Å². The maximum atomic E-state index is 14.9. The topological polar surface area (TPSA) is 64.8 Å². The largest absolute Gasteiger partial charge is 0.278 e. The van der Waals surface area contributed by atoms with Crippen LogP contribution >= 0.6 is 0 Å². The molecule has 2 aromatic heterocycles. The molecule has 1 aliphatic heterocycles. The summed E-state index contributed by atoms with van der Waals surface area (Å²) in [5.74, 6) is 0.511. The van der Waals surface area contributed by atoms with Crippen LogP contribution in [0.15, 0.2) is 186 Å². The summed E-state index contributed by atoms with van der Waals surface area (Å²) in [5.41, 5.74) is 10.3. The van der Waals surface area contributed by atoms with Crippen molar-refractivity contribution in [3.63, 3.8) is 0 Å². The van der Waals surface area contributed by atoms with Crippen molar-refractivity contribution < 1.29 is 8.42 Å². The van der Waals surface area contributed by atoms with E-state index < -0.39 is 15.3 Å². The van der Waals surface area contributed by atoms with Crippen LogP contribution in [0.25, 0.3) is 61.4 Å². The Hall–Kier alpha value is -6.63. The molecule has 250 valence electrons. The first kappa shape index (κ1) is 30.0. The molecular formula is C47H29N3O2S. The van der Waals surface area contributed by atoms with Gasteiger partial charge in [0.15, 0.2) is 0 Å². The Labute approximate surface area is 306 Å². The highest BCUT2D eigenvalue weighted by Gasteiger charge is 2.53. The van der Waals surface area contributed by atoms with Gasteiger partial charge in [-0.2, -0.15) is 0 Å². The molecule has 1 spiro atoms. The molecule has 0 radical (unpaired) electrons. The summed E-state index contributed by atoms with van der Waals surface area (Å²) in [6, 6.07) is 58.9. The van der Waals surface area contributed by atoms with Crippen molar-refractivity contribution in [1.82, 2.24) is 14.5 Å². The van der Waals surface area contributed by atoms with E-state index in [9.17, 15) is 8.42 Å². The zero-order valence-electron chi connectivity index (χ0n) is 28.3. The normalized spacial score (nSPS) is 14.5. The monoisotopic (exact) mass is 699 g/mol. The molecule has 0 saturated heterocycles. The molecule has 0 atom stereocenters. The fourth-order valence-electron chi connectivity index (χ4n) is 8.86. The highest BCUT2D eigenvalue weighted by atomic mass is 32.2. The van der Waals surface area contributed by atoms with Gasteiger partial charge in [-0.15, -0.1) is 0 Å². The molecule has 53 heavy (non-hydrogen) atoms. The van der Waals surface area contributed by atoms with Crippen molar-refractivity contribution in [1.29, 1.82) is 0 Å². The zero-order valence-corrected chi connectivity index (χ0v) is 29.1. The summed E-state index contributed by atoms with van der Waals surface area (Å²) in [4.78, 5) is 11.1. The molecule has 9 aromatic rings. The molecule has 11 rings (SSSR count). The number of aromatic nitrogens is 3. The lowest BCUT2D eigenvalue weighted by atomic mass is 9.67. The van der Waals surface area contributed by atoms with Gasteiger partial charge in [-0.3, -0.25) is 4.57 Å². The van der Waals surface area contributed by atoms with Gasteiger partial charge >= 0.3 is 0 Å². The fraction of sp³-hybridized carbons (Fsp3) is 0.0213. The first-order chi connectivity index (χ1) is 26.0. The molecule has 0 N–H and O–H groups in total. The second kappa shape index (κ2) is 10.9. The average molecular weight is 700 g/mol. The van der Waals surface area contributed by atoms with Gasteiger partial charge in [0.25, 0.3) is 0 Å². The lowest BCUT2D eigenvalue weighted by Crippen LogP contribution is -2.36. The van der Waals surface area contributed by atoms with Gasteiger partial charge < -0.3 is 0 Å². The van der Waals surface area contributed by atoms with Gasteiger partial charge in [0, 0.05) is 21.9 Å². The highest BCUT2D eigenvalue weighted by molar-refractivity contribution is 7.91. The summed E-state index contributed by atoms with van der Waals surface area (Å²) < 4.78 is 31.9. The second-order valence-corrected chi connectivity index (χ2v) is 15.6. The first-order valence-electron chi connectivity index (χ1n) is 17.7. The van der Waals surface area contributed by atoms with Crippen molar-refractivity contribution in [2.24, 2.45) is 0 Å². The minimum absolute atomic E-state index is 0.321. The number of sulfone groups is 1. The van der Waals surface area contributed by atoms with E-state index in [0.717, 1.165) is 77.7 Å². The van der Waals surface area contributed by atoms with E-state index >= 15 is 0 Å². The summed E-state index contributed by atoms with van der Waals surface area (Å²) >= 11 is 0. The number of fused-ring (bicyclic) bond motifs is 12. The van der Waals surface area contributed by atoms with Crippen LogP contribution in [-0.4, -0.2) is 23.0 Å². The number of hydrogen-bond donors (Lipinski definition) is 0. The van der Waals surface area contributed by atoms with Crippen molar-refractivity contribution in [2.45, 2.75) is 15.2 Å². The molecule has 0 amide bonds. The summed E-state index contributed by atoms with van der Waals surface area (Å²) in [6.45, 7) is 0. The third-order valence-electron chi connectivity index (χ3n) is 11.1. The van der Waals surface area contributed by atoms with E-state index in [0.29, 0.717) is 15.7 Å². The lowest BCUT2D eigenvalue weighted by molar-refractivity contribution is 0.581. The minimum atomic E-state index is -3.91. The lowest BCUT2D eigenvalue weighted by Gasteiger charge is -2.39. The fourth-order valence-corrected chi connectivity index (χ4v) is 10.6. The Balaban J connectivity index is 1.30. The van der Waals surface area contributed by atoms with Crippen LogP contribution in [0.4, 0.5) is 0 Å². The number of benzene rings is 7. The van der Waals surface area contributed by atoms with Crippen LogP contribution in [0.5, 0.6) is 0 Å². The Morgan fingerprint density at radius 3 is 1.60 bits per heavy atom. The van der Waals surface area contributed by atoms with Crippen molar-refractivity contribution in [2.75, 3.05) is 0 Å². The number of rotatable bonds is 3.